The van der Waals surface area contributed by atoms with Gasteiger partial charge in [-0.25, -0.2) is 4.39 Å². The van der Waals surface area contributed by atoms with Crippen LogP contribution in [0.4, 0.5) is 10.1 Å². The number of nitrogens with one attached hydrogen (secondary N) is 1. The minimum Gasteiger partial charge on any atom is -0.485 e. The van der Waals surface area contributed by atoms with Crippen LogP contribution < -0.4 is 19.7 Å². The summed E-state index contributed by atoms with van der Waals surface area (Å²) < 4.78 is 24.4. The highest BCUT2D eigenvalue weighted by atomic mass is 19.1. The van der Waals surface area contributed by atoms with Crippen LogP contribution in [-0.4, -0.2) is 36.9 Å². The molecule has 2 atom stereocenters. The van der Waals surface area contributed by atoms with Crippen LogP contribution in [0.25, 0.3) is 0 Å². The van der Waals surface area contributed by atoms with Gasteiger partial charge in [0, 0.05) is 5.56 Å². The van der Waals surface area contributed by atoms with Gasteiger partial charge in [0.25, 0.3) is 5.91 Å². The number of carbonyl (C=O) groups is 3. The third-order valence-electron chi connectivity index (χ3n) is 6.08. The number of ether oxygens (including phenoxy) is 2. The SMILES string of the molecule is Cc1cc(F)ccc1OCC(=O)c1ccc2c(c1)N([C@H](C)C(=O)N[C@H](C)c1ccccc1)C(=O)CO2. The highest BCUT2D eigenvalue weighted by Gasteiger charge is 2.34. The van der Waals surface area contributed by atoms with Gasteiger partial charge < -0.3 is 14.8 Å². The van der Waals surface area contributed by atoms with E-state index < -0.39 is 6.04 Å². The topological polar surface area (TPSA) is 84.9 Å². The van der Waals surface area contributed by atoms with Crippen molar-refractivity contribution in [3.63, 3.8) is 0 Å². The van der Waals surface area contributed by atoms with Gasteiger partial charge in [-0.3, -0.25) is 19.3 Å². The van der Waals surface area contributed by atoms with E-state index in [4.69, 9.17) is 9.47 Å². The second-order valence-corrected chi connectivity index (χ2v) is 8.67. The number of amides is 2. The monoisotopic (exact) mass is 490 g/mol. The van der Waals surface area contributed by atoms with Gasteiger partial charge >= 0.3 is 0 Å². The highest BCUT2D eigenvalue weighted by Crippen LogP contribution is 2.35. The Labute approximate surface area is 208 Å². The van der Waals surface area contributed by atoms with Crippen molar-refractivity contribution in [3.05, 3.63) is 89.2 Å². The fraction of sp³-hybridized carbons (Fsp3) is 0.250. The molecule has 1 aliphatic heterocycles. The number of aryl methyl sites for hydroxylation is 1. The predicted octanol–water partition coefficient (Wildman–Crippen LogP) is 4.39. The molecule has 186 valence electrons. The summed E-state index contributed by atoms with van der Waals surface area (Å²) in [6.45, 7) is 4.71. The van der Waals surface area contributed by atoms with E-state index in [-0.39, 0.29) is 42.7 Å². The van der Waals surface area contributed by atoms with Crippen LogP contribution in [0.1, 0.15) is 41.4 Å². The van der Waals surface area contributed by atoms with E-state index in [0.29, 0.717) is 28.3 Å². The van der Waals surface area contributed by atoms with Crippen LogP contribution in [0.5, 0.6) is 11.5 Å². The fourth-order valence-corrected chi connectivity index (χ4v) is 4.05. The van der Waals surface area contributed by atoms with Gasteiger partial charge in [-0.1, -0.05) is 30.3 Å². The first kappa shape index (κ1) is 24.9. The van der Waals surface area contributed by atoms with E-state index in [0.717, 1.165) is 5.56 Å². The lowest BCUT2D eigenvalue weighted by molar-refractivity contribution is -0.127. The zero-order valence-corrected chi connectivity index (χ0v) is 20.3. The summed E-state index contributed by atoms with van der Waals surface area (Å²) in [5, 5.41) is 2.94. The largest absolute Gasteiger partial charge is 0.485 e. The van der Waals surface area contributed by atoms with Crippen molar-refractivity contribution in [2.45, 2.75) is 32.9 Å². The van der Waals surface area contributed by atoms with Gasteiger partial charge in [0.2, 0.25) is 5.91 Å². The Morgan fingerprint density at radius 3 is 2.56 bits per heavy atom. The Morgan fingerprint density at radius 2 is 1.83 bits per heavy atom. The molecule has 7 nitrogen and oxygen atoms in total. The number of benzene rings is 3. The summed E-state index contributed by atoms with van der Waals surface area (Å²) in [6.07, 6.45) is 0. The normalized spacial score (nSPS) is 14.3. The standard InChI is InChI=1S/C28H27FN2O5/c1-17-13-22(29)10-12-25(17)35-15-24(32)21-9-11-26-23(14-21)31(27(33)16-36-26)19(3)28(34)30-18(2)20-7-5-4-6-8-20/h4-14,18-19H,15-16H2,1-3H3,(H,30,34)/t18-,19-/m1/s1. The second kappa shape index (κ2) is 10.6. The first-order valence-corrected chi connectivity index (χ1v) is 11.6. The molecule has 2 amide bonds. The van der Waals surface area contributed by atoms with Crippen LogP contribution in [-0.2, 0) is 9.59 Å². The number of Topliss-reactive ketones (excluding diaryl/α,β-unsaturated/α-hetero) is 1. The number of halogens is 1. The number of nitrogens with zero attached hydrogens (tertiary/aromatic N) is 1. The lowest BCUT2D eigenvalue weighted by atomic mass is 10.1. The molecule has 0 bridgehead atoms. The highest BCUT2D eigenvalue weighted by molar-refractivity contribution is 6.06. The van der Waals surface area contributed by atoms with E-state index >= 15 is 0 Å². The molecule has 1 heterocycles. The van der Waals surface area contributed by atoms with E-state index in [2.05, 4.69) is 5.32 Å². The van der Waals surface area contributed by atoms with Crippen molar-refractivity contribution in [1.29, 1.82) is 0 Å². The molecule has 1 aliphatic rings. The molecule has 3 aromatic carbocycles. The summed E-state index contributed by atoms with van der Waals surface area (Å²) in [5.41, 5.74) is 2.14. The number of anilines is 1. The Balaban J connectivity index is 1.51. The van der Waals surface area contributed by atoms with E-state index in [9.17, 15) is 18.8 Å². The Morgan fingerprint density at radius 1 is 1.08 bits per heavy atom. The molecule has 0 spiro atoms. The molecule has 0 aliphatic carbocycles. The molecule has 0 radical (unpaired) electrons. The molecule has 0 fully saturated rings. The molecule has 0 aromatic heterocycles. The number of fused-ring (bicyclic) bond motifs is 1. The molecule has 3 aromatic rings. The van der Waals surface area contributed by atoms with Gasteiger partial charge in [-0.2, -0.15) is 0 Å². The molecular formula is C28H27FN2O5. The van der Waals surface area contributed by atoms with Crippen LogP contribution >= 0.6 is 0 Å². The average Bonchev–Trinajstić information content (AvgIpc) is 2.87. The molecule has 36 heavy (non-hydrogen) atoms. The van der Waals surface area contributed by atoms with Crippen molar-refractivity contribution in [3.8, 4) is 11.5 Å². The third kappa shape index (κ3) is 5.38. The molecule has 0 saturated heterocycles. The minimum atomic E-state index is -0.838. The Hall–Kier alpha value is -4.20. The zero-order valence-electron chi connectivity index (χ0n) is 20.3. The number of hydrogen-bond acceptors (Lipinski definition) is 5. The molecule has 0 saturated carbocycles. The van der Waals surface area contributed by atoms with Crippen molar-refractivity contribution < 1.29 is 28.2 Å². The maximum atomic E-state index is 13.3. The lowest BCUT2D eigenvalue weighted by Crippen LogP contribution is -2.51. The summed E-state index contributed by atoms with van der Waals surface area (Å²) in [6, 6.07) is 17.2. The van der Waals surface area contributed by atoms with Crippen molar-refractivity contribution >= 4 is 23.3 Å². The first-order valence-electron chi connectivity index (χ1n) is 11.6. The Kier molecular flexibility index (Phi) is 7.33. The lowest BCUT2D eigenvalue weighted by Gasteiger charge is -2.34. The van der Waals surface area contributed by atoms with Crippen LogP contribution in [0.3, 0.4) is 0 Å². The van der Waals surface area contributed by atoms with Crippen LogP contribution in [0, 0.1) is 12.7 Å². The number of rotatable bonds is 8. The third-order valence-corrected chi connectivity index (χ3v) is 6.08. The molecule has 8 heteroatoms. The molecule has 1 N–H and O–H groups in total. The van der Waals surface area contributed by atoms with Crippen LogP contribution in [0.15, 0.2) is 66.7 Å². The van der Waals surface area contributed by atoms with Gasteiger partial charge in [-0.15, -0.1) is 0 Å². The molecular weight excluding hydrogens is 463 g/mol. The van der Waals surface area contributed by atoms with Crippen molar-refractivity contribution in [1.82, 2.24) is 5.32 Å². The second-order valence-electron chi connectivity index (χ2n) is 8.67. The zero-order chi connectivity index (χ0) is 25.8. The van der Waals surface area contributed by atoms with Gasteiger partial charge in [0.05, 0.1) is 11.7 Å². The van der Waals surface area contributed by atoms with E-state index in [1.165, 1.54) is 29.2 Å². The predicted molar refractivity (Wildman–Crippen MR) is 133 cm³/mol. The van der Waals surface area contributed by atoms with Crippen molar-refractivity contribution in [2.75, 3.05) is 18.1 Å². The first-order chi connectivity index (χ1) is 17.2. The quantitative estimate of drug-likeness (QED) is 0.474. The number of hydrogen-bond donors (Lipinski definition) is 1. The molecule has 4 rings (SSSR count). The summed E-state index contributed by atoms with van der Waals surface area (Å²) in [7, 11) is 0. The summed E-state index contributed by atoms with van der Waals surface area (Å²) >= 11 is 0. The molecule has 0 unspecified atom stereocenters. The Bertz CT molecular complexity index is 1290. The van der Waals surface area contributed by atoms with E-state index in [1.807, 2.05) is 37.3 Å². The fourth-order valence-electron chi connectivity index (χ4n) is 4.05. The smallest absolute Gasteiger partial charge is 0.265 e. The minimum absolute atomic E-state index is 0.209. The van der Waals surface area contributed by atoms with Gasteiger partial charge in [0.15, 0.2) is 19.0 Å². The number of ketones is 1. The average molecular weight is 491 g/mol. The maximum Gasteiger partial charge on any atom is 0.265 e. The summed E-state index contributed by atoms with van der Waals surface area (Å²) in [5.74, 6) is -0.645. The summed E-state index contributed by atoms with van der Waals surface area (Å²) in [4.78, 5) is 40.1. The van der Waals surface area contributed by atoms with E-state index in [1.54, 1.807) is 26.0 Å². The van der Waals surface area contributed by atoms with Crippen LogP contribution in [0.2, 0.25) is 0 Å². The van der Waals surface area contributed by atoms with Gasteiger partial charge in [0.1, 0.15) is 23.4 Å². The number of carbonyl (C=O) groups excluding carboxylic acids is 3. The maximum absolute atomic E-state index is 13.3. The van der Waals surface area contributed by atoms with Gasteiger partial charge in [-0.05, 0) is 68.3 Å². The van der Waals surface area contributed by atoms with Crippen molar-refractivity contribution in [2.24, 2.45) is 0 Å².